The van der Waals surface area contributed by atoms with E-state index in [0.29, 0.717) is 12.1 Å². The Hall–Kier alpha value is -0.800. The van der Waals surface area contributed by atoms with Crippen LogP contribution >= 0.6 is 0 Å². The van der Waals surface area contributed by atoms with E-state index in [0.717, 1.165) is 24.5 Å². The highest BCUT2D eigenvalue weighted by Gasteiger charge is 2.48. The molecule has 3 nitrogen and oxygen atoms in total. The molecule has 1 aliphatic rings. The molecular formula is C13H21NO2. The van der Waals surface area contributed by atoms with Crippen molar-refractivity contribution in [2.45, 2.75) is 45.9 Å². The van der Waals surface area contributed by atoms with Crippen LogP contribution in [0.25, 0.3) is 0 Å². The Bertz CT molecular complexity index is 357. The fraction of sp³-hybridized carbons (Fsp3) is 0.692. The van der Waals surface area contributed by atoms with Gasteiger partial charge < -0.3 is 14.5 Å². The molecule has 1 aromatic rings. The molecule has 16 heavy (non-hydrogen) atoms. The van der Waals surface area contributed by atoms with Crippen molar-refractivity contribution < 1.29 is 9.15 Å². The Balaban J connectivity index is 1.84. The molecule has 0 bridgehead atoms. The molecule has 1 saturated carbocycles. The van der Waals surface area contributed by atoms with E-state index in [1.807, 2.05) is 19.1 Å². The van der Waals surface area contributed by atoms with Crippen LogP contribution in [0.3, 0.4) is 0 Å². The van der Waals surface area contributed by atoms with Crippen molar-refractivity contribution in [3.05, 3.63) is 23.7 Å². The first kappa shape index (κ1) is 11.7. The fourth-order valence-electron chi connectivity index (χ4n) is 2.44. The molecule has 2 rings (SSSR count). The quantitative estimate of drug-likeness (QED) is 0.851. The second kappa shape index (κ2) is 4.22. The van der Waals surface area contributed by atoms with Crippen molar-refractivity contribution in [2.75, 3.05) is 7.11 Å². The molecule has 0 spiro atoms. The summed E-state index contributed by atoms with van der Waals surface area (Å²) in [7, 11) is 1.79. The molecule has 1 heterocycles. The van der Waals surface area contributed by atoms with Crippen LogP contribution in [0.1, 0.15) is 31.8 Å². The van der Waals surface area contributed by atoms with Crippen molar-refractivity contribution in [3.63, 3.8) is 0 Å². The smallest absolute Gasteiger partial charge is 0.117 e. The Kier molecular flexibility index (Phi) is 3.08. The lowest BCUT2D eigenvalue weighted by molar-refractivity contribution is -0.0982. The molecule has 1 fully saturated rings. The lowest BCUT2D eigenvalue weighted by Gasteiger charge is -2.51. The first-order valence-electron chi connectivity index (χ1n) is 5.85. The van der Waals surface area contributed by atoms with Gasteiger partial charge in [-0.25, -0.2) is 0 Å². The van der Waals surface area contributed by atoms with Gasteiger partial charge in [-0.2, -0.15) is 0 Å². The molecule has 0 radical (unpaired) electrons. The van der Waals surface area contributed by atoms with Gasteiger partial charge in [0.1, 0.15) is 11.5 Å². The first-order valence-corrected chi connectivity index (χ1v) is 5.85. The second-order valence-corrected chi connectivity index (χ2v) is 5.23. The fourth-order valence-corrected chi connectivity index (χ4v) is 2.44. The van der Waals surface area contributed by atoms with Crippen molar-refractivity contribution in [2.24, 2.45) is 5.41 Å². The summed E-state index contributed by atoms with van der Waals surface area (Å²) in [5.74, 6) is 1.98. The van der Waals surface area contributed by atoms with Crippen molar-refractivity contribution >= 4 is 0 Å². The van der Waals surface area contributed by atoms with E-state index in [1.54, 1.807) is 7.11 Å². The summed E-state index contributed by atoms with van der Waals surface area (Å²) in [6.45, 7) is 7.27. The predicted octanol–water partition coefficient (Wildman–Crippen LogP) is 2.49. The average molecular weight is 223 g/mol. The Morgan fingerprint density at radius 1 is 1.50 bits per heavy atom. The van der Waals surface area contributed by atoms with Crippen LogP contribution in [0.4, 0.5) is 0 Å². The molecule has 0 aromatic carbocycles. The third-order valence-electron chi connectivity index (χ3n) is 3.78. The van der Waals surface area contributed by atoms with Crippen LogP contribution in [0.2, 0.25) is 0 Å². The summed E-state index contributed by atoms with van der Waals surface area (Å²) < 4.78 is 11.0. The maximum atomic E-state index is 5.53. The van der Waals surface area contributed by atoms with Crippen LogP contribution in [-0.2, 0) is 11.3 Å². The minimum Gasteiger partial charge on any atom is -0.465 e. The number of hydrogen-bond donors (Lipinski definition) is 1. The summed E-state index contributed by atoms with van der Waals surface area (Å²) in [5, 5.41) is 3.53. The topological polar surface area (TPSA) is 34.4 Å². The Morgan fingerprint density at radius 2 is 2.25 bits per heavy atom. The summed E-state index contributed by atoms with van der Waals surface area (Å²) in [6.07, 6.45) is 1.46. The van der Waals surface area contributed by atoms with Crippen molar-refractivity contribution in [1.29, 1.82) is 0 Å². The molecular weight excluding hydrogens is 202 g/mol. The average Bonchev–Trinajstić information content (AvgIpc) is 2.63. The van der Waals surface area contributed by atoms with Gasteiger partial charge in [-0.3, -0.25) is 0 Å². The van der Waals surface area contributed by atoms with Gasteiger partial charge in [0.25, 0.3) is 0 Å². The maximum absolute atomic E-state index is 5.53. The van der Waals surface area contributed by atoms with Crippen LogP contribution in [0.5, 0.6) is 0 Å². The normalized spacial score (nSPS) is 27.8. The molecule has 1 aliphatic carbocycles. The monoisotopic (exact) mass is 223 g/mol. The van der Waals surface area contributed by atoms with Gasteiger partial charge in [0.05, 0.1) is 12.6 Å². The minimum atomic E-state index is 0.219. The summed E-state index contributed by atoms with van der Waals surface area (Å²) in [4.78, 5) is 0. The number of methoxy groups -OCH3 is 1. The number of rotatable bonds is 4. The van der Waals surface area contributed by atoms with E-state index < -0.39 is 0 Å². The second-order valence-electron chi connectivity index (χ2n) is 5.23. The SMILES string of the molecule is COC1CC(NCc2ccc(C)o2)C1(C)C. The summed E-state index contributed by atoms with van der Waals surface area (Å²) in [5.41, 5.74) is 0.219. The molecule has 0 amide bonds. The Labute approximate surface area is 97.2 Å². The van der Waals surface area contributed by atoms with E-state index in [-0.39, 0.29) is 5.41 Å². The maximum Gasteiger partial charge on any atom is 0.117 e. The standard InChI is InChI=1S/C13H21NO2/c1-9-5-6-10(16-9)8-14-11-7-12(15-4)13(11,2)3/h5-6,11-12,14H,7-8H2,1-4H3. The molecule has 2 unspecified atom stereocenters. The number of hydrogen-bond acceptors (Lipinski definition) is 3. The zero-order valence-electron chi connectivity index (χ0n) is 10.5. The van der Waals surface area contributed by atoms with E-state index in [9.17, 15) is 0 Å². The molecule has 1 aromatic heterocycles. The summed E-state index contributed by atoms with van der Waals surface area (Å²) >= 11 is 0. The minimum absolute atomic E-state index is 0.219. The van der Waals surface area contributed by atoms with Gasteiger partial charge in [0, 0.05) is 18.6 Å². The molecule has 90 valence electrons. The van der Waals surface area contributed by atoms with Gasteiger partial charge >= 0.3 is 0 Å². The van der Waals surface area contributed by atoms with Crippen LogP contribution in [0, 0.1) is 12.3 Å². The van der Waals surface area contributed by atoms with Crippen LogP contribution in [-0.4, -0.2) is 19.3 Å². The Morgan fingerprint density at radius 3 is 2.75 bits per heavy atom. The van der Waals surface area contributed by atoms with E-state index in [1.165, 1.54) is 0 Å². The third-order valence-corrected chi connectivity index (χ3v) is 3.78. The zero-order chi connectivity index (χ0) is 11.8. The molecule has 0 saturated heterocycles. The van der Waals surface area contributed by atoms with Crippen molar-refractivity contribution in [1.82, 2.24) is 5.32 Å². The lowest BCUT2D eigenvalue weighted by atomic mass is 9.64. The lowest BCUT2D eigenvalue weighted by Crippen LogP contribution is -2.60. The van der Waals surface area contributed by atoms with Gasteiger partial charge in [-0.05, 0) is 25.5 Å². The number of furan rings is 1. The molecule has 2 atom stereocenters. The highest BCUT2D eigenvalue weighted by atomic mass is 16.5. The van der Waals surface area contributed by atoms with Gasteiger partial charge in [0.2, 0.25) is 0 Å². The van der Waals surface area contributed by atoms with Crippen LogP contribution in [0.15, 0.2) is 16.5 Å². The van der Waals surface area contributed by atoms with Gasteiger partial charge in [0.15, 0.2) is 0 Å². The zero-order valence-corrected chi connectivity index (χ0v) is 10.5. The number of aryl methyl sites for hydroxylation is 1. The van der Waals surface area contributed by atoms with Gasteiger partial charge in [-0.1, -0.05) is 13.8 Å². The largest absolute Gasteiger partial charge is 0.465 e. The molecule has 0 aliphatic heterocycles. The predicted molar refractivity (Wildman–Crippen MR) is 63.3 cm³/mol. The highest BCUT2D eigenvalue weighted by Crippen LogP contribution is 2.42. The molecule has 1 N–H and O–H groups in total. The highest BCUT2D eigenvalue weighted by molar-refractivity contribution is 5.07. The molecule has 3 heteroatoms. The summed E-state index contributed by atoms with van der Waals surface area (Å²) in [6, 6.07) is 4.55. The van der Waals surface area contributed by atoms with Crippen LogP contribution < -0.4 is 5.32 Å². The number of ether oxygens (including phenoxy) is 1. The van der Waals surface area contributed by atoms with Gasteiger partial charge in [-0.15, -0.1) is 0 Å². The van der Waals surface area contributed by atoms with E-state index >= 15 is 0 Å². The van der Waals surface area contributed by atoms with E-state index in [4.69, 9.17) is 9.15 Å². The van der Waals surface area contributed by atoms with E-state index in [2.05, 4.69) is 19.2 Å². The first-order chi connectivity index (χ1) is 7.54. The third kappa shape index (κ3) is 2.02. The number of nitrogens with one attached hydrogen (secondary N) is 1. The van der Waals surface area contributed by atoms with Crippen molar-refractivity contribution in [3.8, 4) is 0 Å².